The Kier molecular flexibility index (Phi) is 4.13. The van der Waals surface area contributed by atoms with E-state index in [0.717, 1.165) is 5.56 Å². The van der Waals surface area contributed by atoms with E-state index in [4.69, 9.17) is 5.73 Å². The molecule has 2 rings (SSSR count). The summed E-state index contributed by atoms with van der Waals surface area (Å²) in [7, 11) is 0. The SMILES string of the molecule is Nc1ccc(CNC(=O)Cc2cccc(F)c2)cc1. The van der Waals surface area contributed by atoms with Crippen LogP contribution in [0, 0.1) is 5.82 Å². The minimum atomic E-state index is -0.330. The Morgan fingerprint density at radius 2 is 1.84 bits per heavy atom. The Balaban J connectivity index is 1.86. The molecule has 0 heterocycles. The molecule has 0 spiro atoms. The zero-order valence-electron chi connectivity index (χ0n) is 10.4. The molecule has 2 aromatic carbocycles. The van der Waals surface area contributed by atoms with Gasteiger partial charge in [-0.3, -0.25) is 4.79 Å². The first-order chi connectivity index (χ1) is 9.13. The highest BCUT2D eigenvalue weighted by molar-refractivity contribution is 5.78. The number of benzene rings is 2. The molecular formula is C15H15FN2O. The number of carbonyl (C=O) groups excluding carboxylic acids is 1. The molecule has 0 saturated carbocycles. The van der Waals surface area contributed by atoms with Gasteiger partial charge in [0.05, 0.1) is 6.42 Å². The third kappa shape index (κ3) is 4.10. The minimum absolute atomic E-state index is 0.137. The lowest BCUT2D eigenvalue weighted by Crippen LogP contribution is -2.24. The van der Waals surface area contributed by atoms with Crippen molar-refractivity contribution in [1.82, 2.24) is 5.32 Å². The van der Waals surface area contributed by atoms with E-state index in [1.54, 1.807) is 24.3 Å². The molecule has 0 aliphatic heterocycles. The molecule has 0 aliphatic rings. The highest BCUT2D eigenvalue weighted by atomic mass is 19.1. The lowest BCUT2D eigenvalue weighted by molar-refractivity contribution is -0.120. The molecule has 2 aromatic rings. The van der Waals surface area contributed by atoms with Crippen LogP contribution in [0.3, 0.4) is 0 Å². The second kappa shape index (κ2) is 6.00. The van der Waals surface area contributed by atoms with E-state index >= 15 is 0 Å². The van der Waals surface area contributed by atoms with E-state index in [0.29, 0.717) is 17.8 Å². The number of halogens is 1. The lowest BCUT2D eigenvalue weighted by atomic mass is 10.1. The zero-order valence-corrected chi connectivity index (χ0v) is 10.4. The average Bonchev–Trinajstić information content (AvgIpc) is 2.38. The number of anilines is 1. The molecule has 0 aromatic heterocycles. The monoisotopic (exact) mass is 258 g/mol. The summed E-state index contributed by atoms with van der Waals surface area (Å²) in [5, 5.41) is 2.78. The van der Waals surface area contributed by atoms with E-state index in [1.807, 2.05) is 12.1 Å². The fourth-order valence-corrected chi connectivity index (χ4v) is 1.73. The summed E-state index contributed by atoms with van der Waals surface area (Å²) in [4.78, 5) is 11.7. The van der Waals surface area contributed by atoms with Crippen LogP contribution in [-0.2, 0) is 17.8 Å². The van der Waals surface area contributed by atoms with Crippen molar-refractivity contribution >= 4 is 11.6 Å². The molecule has 4 heteroatoms. The second-order valence-corrected chi connectivity index (χ2v) is 4.33. The van der Waals surface area contributed by atoms with Crippen LogP contribution >= 0.6 is 0 Å². The standard InChI is InChI=1S/C15H15FN2O/c16-13-3-1-2-12(8-13)9-15(19)18-10-11-4-6-14(17)7-5-11/h1-8H,9-10,17H2,(H,18,19). The van der Waals surface area contributed by atoms with Crippen LogP contribution in [0.2, 0.25) is 0 Å². The molecule has 0 fully saturated rings. The van der Waals surface area contributed by atoms with Crippen molar-refractivity contribution in [2.24, 2.45) is 0 Å². The summed E-state index contributed by atoms with van der Waals surface area (Å²) >= 11 is 0. The Morgan fingerprint density at radius 1 is 1.11 bits per heavy atom. The van der Waals surface area contributed by atoms with Crippen LogP contribution < -0.4 is 11.1 Å². The molecular weight excluding hydrogens is 243 g/mol. The first-order valence-corrected chi connectivity index (χ1v) is 5.99. The van der Waals surface area contributed by atoms with Gasteiger partial charge in [-0.05, 0) is 35.4 Å². The number of nitrogen functional groups attached to an aromatic ring is 1. The van der Waals surface area contributed by atoms with Crippen LogP contribution in [0.1, 0.15) is 11.1 Å². The highest BCUT2D eigenvalue weighted by Crippen LogP contribution is 2.06. The summed E-state index contributed by atoms with van der Waals surface area (Å²) in [5.41, 5.74) is 7.90. The van der Waals surface area contributed by atoms with Gasteiger partial charge in [-0.1, -0.05) is 24.3 Å². The van der Waals surface area contributed by atoms with Gasteiger partial charge in [0.2, 0.25) is 5.91 Å². The molecule has 3 N–H and O–H groups in total. The molecule has 98 valence electrons. The molecule has 0 radical (unpaired) electrons. The van der Waals surface area contributed by atoms with Crippen molar-refractivity contribution < 1.29 is 9.18 Å². The van der Waals surface area contributed by atoms with Gasteiger partial charge in [0.25, 0.3) is 0 Å². The first kappa shape index (κ1) is 13.1. The Labute approximate surface area is 111 Å². The van der Waals surface area contributed by atoms with Crippen LogP contribution in [-0.4, -0.2) is 5.91 Å². The van der Waals surface area contributed by atoms with E-state index in [2.05, 4.69) is 5.32 Å². The Bertz CT molecular complexity index is 567. The van der Waals surface area contributed by atoms with Gasteiger partial charge >= 0.3 is 0 Å². The largest absolute Gasteiger partial charge is 0.399 e. The van der Waals surface area contributed by atoms with Gasteiger partial charge in [0.15, 0.2) is 0 Å². The van der Waals surface area contributed by atoms with E-state index < -0.39 is 0 Å². The maximum Gasteiger partial charge on any atom is 0.224 e. The van der Waals surface area contributed by atoms with Crippen molar-refractivity contribution in [1.29, 1.82) is 0 Å². The predicted molar refractivity (Wildman–Crippen MR) is 72.8 cm³/mol. The van der Waals surface area contributed by atoms with E-state index in [-0.39, 0.29) is 18.1 Å². The number of hydrogen-bond acceptors (Lipinski definition) is 2. The molecule has 3 nitrogen and oxygen atoms in total. The van der Waals surface area contributed by atoms with E-state index in [9.17, 15) is 9.18 Å². The Morgan fingerprint density at radius 3 is 2.53 bits per heavy atom. The van der Waals surface area contributed by atoms with Gasteiger partial charge in [0.1, 0.15) is 5.82 Å². The summed E-state index contributed by atoms with van der Waals surface area (Å²) < 4.78 is 13.0. The van der Waals surface area contributed by atoms with Crippen molar-refractivity contribution in [3.05, 3.63) is 65.5 Å². The van der Waals surface area contributed by atoms with Gasteiger partial charge in [-0.15, -0.1) is 0 Å². The van der Waals surface area contributed by atoms with Crippen molar-refractivity contribution in [3.8, 4) is 0 Å². The van der Waals surface area contributed by atoms with Crippen LogP contribution in [0.15, 0.2) is 48.5 Å². The van der Waals surface area contributed by atoms with Gasteiger partial charge in [-0.2, -0.15) is 0 Å². The number of carbonyl (C=O) groups is 1. The van der Waals surface area contributed by atoms with Crippen LogP contribution in [0.5, 0.6) is 0 Å². The normalized spacial score (nSPS) is 10.2. The smallest absolute Gasteiger partial charge is 0.224 e. The average molecular weight is 258 g/mol. The van der Waals surface area contributed by atoms with Crippen molar-refractivity contribution in [2.45, 2.75) is 13.0 Å². The number of nitrogens with two attached hydrogens (primary N) is 1. The molecule has 19 heavy (non-hydrogen) atoms. The van der Waals surface area contributed by atoms with Gasteiger partial charge in [-0.25, -0.2) is 4.39 Å². The topological polar surface area (TPSA) is 55.1 Å². The quantitative estimate of drug-likeness (QED) is 0.826. The van der Waals surface area contributed by atoms with Gasteiger partial charge < -0.3 is 11.1 Å². The summed E-state index contributed by atoms with van der Waals surface area (Å²) in [6.45, 7) is 0.439. The minimum Gasteiger partial charge on any atom is -0.399 e. The summed E-state index contributed by atoms with van der Waals surface area (Å²) in [6.07, 6.45) is 0.173. The van der Waals surface area contributed by atoms with Crippen molar-refractivity contribution in [2.75, 3.05) is 5.73 Å². The number of amides is 1. The molecule has 0 atom stereocenters. The highest BCUT2D eigenvalue weighted by Gasteiger charge is 2.04. The van der Waals surface area contributed by atoms with Crippen LogP contribution in [0.25, 0.3) is 0 Å². The summed E-state index contributed by atoms with van der Waals surface area (Å²) in [5.74, 6) is -0.466. The molecule has 0 bridgehead atoms. The maximum atomic E-state index is 13.0. The summed E-state index contributed by atoms with van der Waals surface area (Å²) in [6, 6.07) is 13.3. The van der Waals surface area contributed by atoms with E-state index in [1.165, 1.54) is 12.1 Å². The van der Waals surface area contributed by atoms with Gasteiger partial charge in [0, 0.05) is 12.2 Å². The number of nitrogens with one attached hydrogen (secondary N) is 1. The second-order valence-electron chi connectivity index (χ2n) is 4.33. The maximum absolute atomic E-state index is 13.0. The Hall–Kier alpha value is -2.36. The number of rotatable bonds is 4. The third-order valence-electron chi connectivity index (χ3n) is 2.72. The van der Waals surface area contributed by atoms with Crippen LogP contribution in [0.4, 0.5) is 10.1 Å². The lowest BCUT2D eigenvalue weighted by Gasteiger charge is -2.06. The molecule has 0 aliphatic carbocycles. The van der Waals surface area contributed by atoms with Crippen molar-refractivity contribution in [3.63, 3.8) is 0 Å². The molecule has 1 amide bonds. The fourth-order valence-electron chi connectivity index (χ4n) is 1.73. The molecule has 0 saturated heterocycles. The molecule has 0 unspecified atom stereocenters. The zero-order chi connectivity index (χ0) is 13.7. The number of hydrogen-bond donors (Lipinski definition) is 2. The first-order valence-electron chi connectivity index (χ1n) is 5.99. The fraction of sp³-hybridized carbons (Fsp3) is 0.133. The third-order valence-corrected chi connectivity index (χ3v) is 2.72. The predicted octanol–water partition coefficient (Wildman–Crippen LogP) is 2.27.